The summed E-state index contributed by atoms with van der Waals surface area (Å²) in [7, 11) is 0. The van der Waals surface area contributed by atoms with Crippen molar-refractivity contribution in [3.63, 3.8) is 0 Å². The highest BCUT2D eigenvalue weighted by Crippen LogP contribution is 2.43. The second kappa shape index (κ2) is 9.25. The van der Waals surface area contributed by atoms with Crippen LogP contribution in [-0.2, 0) is 0 Å². The smallest absolute Gasteiger partial charge is 0.335 e. The Balaban J connectivity index is 1.68. The minimum atomic E-state index is -1.23. The molecular weight excluding hydrogens is 431 g/mol. The zero-order chi connectivity index (χ0) is 22.8. The van der Waals surface area contributed by atoms with Crippen molar-refractivity contribution >= 4 is 29.2 Å². The van der Waals surface area contributed by atoms with Gasteiger partial charge in [-0.1, -0.05) is 30.2 Å². The number of benzene rings is 2. The maximum absolute atomic E-state index is 14.6. The third kappa shape index (κ3) is 4.60. The first-order valence-corrected chi connectivity index (χ1v) is 11.2. The molecule has 1 fully saturated rings. The van der Waals surface area contributed by atoms with E-state index in [1.54, 1.807) is 6.07 Å². The van der Waals surface area contributed by atoms with Gasteiger partial charge in [0.15, 0.2) is 0 Å². The quantitative estimate of drug-likeness (QED) is 0.462. The van der Waals surface area contributed by atoms with Crippen LogP contribution < -0.4 is 5.32 Å². The molecule has 0 bridgehead atoms. The molecule has 1 saturated carbocycles. The Morgan fingerprint density at radius 2 is 1.84 bits per heavy atom. The lowest BCUT2D eigenvalue weighted by atomic mass is 9.95. The monoisotopic (exact) mass is 454 g/mol. The van der Waals surface area contributed by atoms with Gasteiger partial charge < -0.3 is 10.4 Å². The molecule has 0 aliphatic heterocycles. The predicted molar refractivity (Wildman–Crippen MR) is 121 cm³/mol. The predicted octanol–water partition coefficient (Wildman–Crippen LogP) is 6.07. The number of amides is 1. The van der Waals surface area contributed by atoms with Crippen molar-refractivity contribution in [2.24, 2.45) is 0 Å². The summed E-state index contributed by atoms with van der Waals surface area (Å²) in [4.78, 5) is 24.4. The molecule has 0 saturated heterocycles. The van der Waals surface area contributed by atoms with Gasteiger partial charge in [0.05, 0.1) is 21.9 Å². The Morgan fingerprint density at radius 1 is 1.09 bits per heavy atom. The van der Waals surface area contributed by atoms with Crippen LogP contribution in [0.3, 0.4) is 0 Å². The van der Waals surface area contributed by atoms with Gasteiger partial charge in [-0.15, -0.1) is 0 Å². The molecule has 5 nitrogen and oxygen atoms in total. The van der Waals surface area contributed by atoms with Crippen LogP contribution in [0.5, 0.6) is 0 Å². The Labute approximate surface area is 190 Å². The first-order chi connectivity index (χ1) is 15.4. The molecule has 0 spiro atoms. The molecule has 0 atom stereocenters. The second-order valence-electron chi connectivity index (χ2n) is 8.33. The largest absolute Gasteiger partial charge is 0.478 e. The molecule has 2 aliphatic carbocycles. The van der Waals surface area contributed by atoms with Crippen LogP contribution >= 0.6 is 11.6 Å². The van der Waals surface area contributed by atoms with Gasteiger partial charge in [0, 0.05) is 11.3 Å². The van der Waals surface area contributed by atoms with E-state index in [0.717, 1.165) is 43.7 Å². The van der Waals surface area contributed by atoms with Crippen molar-refractivity contribution in [1.82, 2.24) is 5.32 Å². The maximum Gasteiger partial charge on any atom is 0.335 e. The zero-order valence-corrected chi connectivity index (χ0v) is 18.3. The van der Waals surface area contributed by atoms with Crippen LogP contribution in [0.2, 0.25) is 5.02 Å². The van der Waals surface area contributed by atoms with Crippen molar-refractivity contribution in [2.45, 2.75) is 50.9 Å². The van der Waals surface area contributed by atoms with E-state index in [4.69, 9.17) is 22.1 Å². The van der Waals surface area contributed by atoms with E-state index in [-0.39, 0.29) is 22.7 Å². The topological polar surface area (TPSA) is 90.3 Å². The fourth-order valence-corrected chi connectivity index (χ4v) is 4.49. The molecule has 2 aromatic carbocycles. The van der Waals surface area contributed by atoms with Crippen LogP contribution in [0.15, 0.2) is 47.7 Å². The zero-order valence-electron chi connectivity index (χ0n) is 17.5. The van der Waals surface area contributed by atoms with Crippen LogP contribution in [-0.4, -0.2) is 22.7 Å². The third-order valence-corrected chi connectivity index (χ3v) is 6.37. The molecule has 4 rings (SSSR count). The summed E-state index contributed by atoms with van der Waals surface area (Å²) in [5.74, 6) is -1.95. The third-order valence-electron chi connectivity index (χ3n) is 6.06. The summed E-state index contributed by atoms with van der Waals surface area (Å²) in [6.45, 7) is 0. The van der Waals surface area contributed by atoms with Crippen molar-refractivity contribution in [3.05, 3.63) is 80.8 Å². The number of rotatable bonds is 6. The Kier molecular flexibility index (Phi) is 6.42. The van der Waals surface area contributed by atoms with Gasteiger partial charge in [0.25, 0.3) is 5.91 Å². The SMILES string of the molecule is N=C(C1=C(NC(=O)c2c(Cl)cccc2C2CC2)CCCCC1)c1ccc(C(=O)O)cc1F. The highest BCUT2D eigenvalue weighted by atomic mass is 35.5. The summed E-state index contributed by atoms with van der Waals surface area (Å²) < 4.78 is 14.6. The van der Waals surface area contributed by atoms with E-state index in [1.807, 2.05) is 12.1 Å². The molecule has 2 aromatic rings. The van der Waals surface area contributed by atoms with Crippen LogP contribution in [0, 0.1) is 11.2 Å². The first kappa shape index (κ1) is 22.2. The van der Waals surface area contributed by atoms with Crippen molar-refractivity contribution < 1.29 is 19.1 Å². The van der Waals surface area contributed by atoms with Crippen LogP contribution in [0.4, 0.5) is 4.39 Å². The minimum absolute atomic E-state index is 0.0232. The number of allylic oxidation sites excluding steroid dienone is 2. The van der Waals surface area contributed by atoms with E-state index in [1.165, 1.54) is 12.1 Å². The van der Waals surface area contributed by atoms with E-state index < -0.39 is 11.8 Å². The van der Waals surface area contributed by atoms with E-state index in [9.17, 15) is 14.0 Å². The standard InChI is InChI=1S/C25H24ClFN2O3/c26-19-7-4-6-16(14-9-10-14)22(19)24(30)29-21-8-3-1-2-5-18(21)23(28)17-12-11-15(25(31)32)13-20(17)27/h4,6-7,11-14,28H,1-3,5,8-10H2,(H,29,30)(H,31,32). The molecule has 3 N–H and O–H groups in total. The molecular formula is C25H24ClFN2O3. The summed E-state index contributed by atoms with van der Waals surface area (Å²) in [6.07, 6.45) is 5.79. The van der Waals surface area contributed by atoms with Crippen LogP contribution in [0.1, 0.15) is 82.7 Å². The van der Waals surface area contributed by atoms with Gasteiger partial charge in [-0.3, -0.25) is 10.2 Å². The molecule has 0 unspecified atom stereocenters. The number of nitrogens with one attached hydrogen (secondary N) is 2. The second-order valence-corrected chi connectivity index (χ2v) is 8.73. The van der Waals surface area contributed by atoms with Gasteiger partial charge in [-0.2, -0.15) is 0 Å². The molecule has 0 radical (unpaired) electrons. The highest BCUT2D eigenvalue weighted by Gasteiger charge is 2.30. The lowest BCUT2D eigenvalue weighted by Crippen LogP contribution is -2.27. The van der Waals surface area contributed by atoms with Crippen LogP contribution in [0.25, 0.3) is 0 Å². The number of hydrogen-bond donors (Lipinski definition) is 3. The fraction of sp³-hybridized carbons (Fsp3) is 0.320. The Morgan fingerprint density at radius 3 is 2.53 bits per heavy atom. The number of carboxylic acids is 1. The first-order valence-electron chi connectivity index (χ1n) is 10.8. The van der Waals surface area contributed by atoms with Gasteiger partial charge in [-0.25, -0.2) is 9.18 Å². The molecule has 0 heterocycles. The minimum Gasteiger partial charge on any atom is -0.478 e. The Hall–Kier alpha value is -2.99. The molecule has 2 aliphatic rings. The van der Waals surface area contributed by atoms with Crippen molar-refractivity contribution in [1.29, 1.82) is 5.41 Å². The van der Waals surface area contributed by atoms with Gasteiger partial charge in [0.2, 0.25) is 0 Å². The lowest BCUT2D eigenvalue weighted by Gasteiger charge is -2.18. The normalized spacial score (nSPS) is 16.4. The number of hydrogen-bond acceptors (Lipinski definition) is 3. The molecule has 0 aromatic heterocycles. The number of carbonyl (C=O) groups is 2. The Bertz CT molecular complexity index is 1140. The van der Waals surface area contributed by atoms with Crippen molar-refractivity contribution in [3.8, 4) is 0 Å². The lowest BCUT2D eigenvalue weighted by molar-refractivity contribution is 0.0696. The molecule has 32 heavy (non-hydrogen) atoms. The summed E-state index contributed by atoms with van der Waals surface area (Å²) >= 11 is 6.39. The average molecular weight is 455 g/mol. The maximum atomic E-state index is 14.6. The number of halogens is 2. The number of carboxylic acid groups (broad SMARTS) is 1. The fourth-order valence-electron chi connectivity index (χ4n) is 4.22. The number of carbonyl (C=O) groups excluding carboxylic acids is 1. The summed E-state index contributed by atoms with van der Waals surface area (Å²) in [5.41, 5.74) is 2.42. The highest BCUT2D eigenvalue weighted by molar-refractivity contribution is 6.34. The molecule has 7 heteroatoms. The van der Waals surface area contributed by atoms with E-state index in [0.29, 0.717) is 40.6 Å². The summed E-state index contributed by atoms with van der Waals surface area (Å²) in [5, 5.41) is 21.1. The molecule has 166 valence electrons. The van der Waals surface area contributed by atoms with Gasteiger partial charge in [-0.05, 0) is 79.8 Å². The average Bonchev–Trinajstić information content (AvgIpc) is 3.61. The van der Waals surface area contributed by atoms with Gasteiger partial charge >= 0.3 is 5.97 Å². The van der Waals surface area contributed by atoms with Crippen molar-refractivity contribution in [2.75, 3.05) is 0 Å². The van der Waals surface area contributed by atoms with E-state index >= 15 is 0 Å². The van der Waals surface area contributed by atoms with Gasteiger partial charge in [0.1, 0.15) is 5.82 Å². The number of aromatic carboxylic acids is 1. The van der Waals surface area contributed by atoms with E-state index in [2.05, 4.69) is 5.32 Å². The molecule has 1 amide bonds. The summed E-state index contributed by atoms with van der Waals surface area (Å²) in [6, 6.07) is 9.01.